The lowest BCUT2D eigenvalue weighted by Gasteiger charge is -2.25. The monoisotopic (exact) mass is 312 g/mol. The highest BCUT2D eigenvalue weighted by Gasteiger charge is 2.20. The van der Waals surface area contributed by atoms with Gasteiger partial charge in [0, 0.05) is 19.2 Å². The molecule has 120 valence electrons. The molecule has 2 aromatic rings. The Balaban J connectivity index is 1.54. The van der Waals surface area contributed by atoms with E-state index in [-0.39, 0.29) is 18.4 Å². The molecular weight excluding hydrogens is 292 g/mol. The van der Waals surface area contributed by atoms with Gasteiger partial charge < -0.3 is 10.2 Å². The largest absolute Gasteiger partial charge is 0.333 e. The van der Waals surface area contributed by atoms with Gasteiger partial charge in [-0.25, -0.2) is 0 Å². The third-order valence-corrected chi connectivity index (χ3v) is 3.86. The molecule has 0 atom stereocenters. The number of likely N-dealkylation sites (tertiary alicyclic amines) is 1. The summed E-state index contributed by atoms with van der Waals surface area (Å²) in [5.41, 5.74) is 1.79. The predicted molar refractivity (Wildman–Crippen MR) is 86.8 cm³/mol. The number of nitrogens with zero attached hydrogens (tertiary/aromatic N) is 3. The van der Waals surface area contributed by atoms with E-state index >= 15 is 0 Å². The quantitative estimate of drug-likeness (QED) is 0.916. The van der Waals surface area contributed by atoms with Gasteiger partial charge in [0.05, 0.1) is 25.0 Å². The van der Waals surface area contributed by atoms with E-state index in [9.17, 15) is 9.59 Å². The summed E-state index contributed by atoms with van der Waals surface area (Å²) in [5, 5.41) is 7.05. The van der Waals surface area contributed by atoms with Crippen LogP contribution in [0.1, 0.15) is 24.8 Å². The van der Waals surface area contributed by atoms with Crippen molar-refractivity contribution in [2.75, 3.05) is 18.4 Å². The van der Waals surface area contributed by atoms with Crippen molar-refractivity contribution >= 4 is 17.5 Å². The number of carbonyl (C=O) groups excluding carboxylic acids is 2. The molecule has 0 spiro atoms. The van der Waals surface area contributed by atoms with Crippen molar-refractivity contribution in [3.8, 4) is 0 Å². The molecule has 1 aliphatic rings. The number of anilines is 1. The van der Waals surface area contributed by atoms with Gasteiger partial charge in [0.25, 0.3) is 0 Å². The Hall–Kier alpha value is -2.63. The van der Waals surface area contributed by atoms with E-state index in [1.165, 1.54) is 0 Å². The van der Waals surface area contributed by atoms with Gasteiger partial charge in [-0.2, -0.15) is 5.10 Å². The zero-order valence-corrected chi connectivity index (χ0v) is 12.9. The van der Waals surface area contributed by atoms with Crippen molar-refractivity contribution in [3.63, 3.8) is 0 Å². The summed E-state index contributed by atoms with van der Waals surface area (Å²) in [7, 11) is 0. The lowest BCUT2D eigenvalue weighted by Crippen LogP contribution is -2.40. The Morgan fingerprint density at radius 1 is 1.22 bits per heavy atom. The van der Waals surface area contributed by atoms with Gasteiger partial charge in [0.1, 0.15) is 0 Å². The van der Waals surface area contributed by atoms with Crippen molar-refractivity contribution in [1.29, 1.82) is 0 Å². The average Bonchev–Trinajstić information content (AvgIpc) is 2.97. The topological polar surface area (TPSA) is 67.2 Å². The SMILES string of the molecule is O=C(CN1CCCCC1=O)Nc1cnn(Cc2ccccc2)c1. The molecule has 1 fully saturated rings. The summed E-state index contributed by atoms with van der Waals surface area (Å²) in [5.74, 6) is -0.120. The van der Waals surface area contributed by atoms with Crippen LogP contribution in [0.15, 0.2) is 42.7 Å². The van der Waals surface area contributed by atoms with Crippen LogP contribution in [-0.4, -0.2) is 39.6 Å². The van der Waals surface area contributed by atoms with Crippen molar-refractivity contribution in [2.24, 2.45) is 0 Å². The number of rotatable bonds is 5. The van der Waals surface area contributed by atoms with Gasteiger partial charge >= 0.3 is 0 Å². The highest BCUT2D eigenvalue weighted by atomic mass is 16.2. The molecule has 0 unspecified atom stereocenters. The summed E-state index contributed by atoms with van der Waals surface area (Å²) in [6.07, 6.45) is 5.85. The van der Waals surface area contributed by atoms with Gasteiger partial charge in [0.15, 0.2) is 0 Å². The number of hydrogen-bond acceptors (Lipinski definition) is 3. The third kappa shape index (κ3) is 4.18. The number of amides is 2. The van der Waals surface area contributed by atoms with E-state index in [1.54, 1.807) is 22.0 Å². The molecule has 6 heteroatoms. The fourth-order valence-corrected chi connectivity index (χ4v) is 2.69. The van der Waals surface area contributed by atoms with E-state index in [1.807, 2.05) is 30.3 Å². The lowest BCUT2D eigenvalue weighted by atomic mass is 10.1. The molecule has 2 heterocycles. The minimum Gasteiger partial charge on any atom is -0.333 e. The highest BCUT2D eigenvalue weighted by molar-refractivity contribution is 5.94. The van der Waals surface area contributed by atoms with Gasteiger partial charge in [0.2, 0.25) is 11.8 Å². The van der Waals surface area contributed by atoms with Crippen molar-refractivity contribution in [2.45, 2.75) is 25.8 Å². The Morgan fingerprint density at radius 2 is 2.04 bits per heavy atom. The first-order chi connectivity index (χ1) is 11.2. The van der Waals surface area contributed by atoms with Crippen molar-refractivity contribution in [1.82, 2.24) is 14.7 Å². The Kier molecular flexibility index (Phi) is 4.71. The maximum Gasteiger partial charge on any atom is 0.244 e. The van der Waals surface area contributed by atoms with Crippen molar-refractivity contribution < 1.29 is 9.59 Å². The van der Waals surface area contributed by atoms with Gasteiger partial charge in [-0.05, 0) is 18.4 Å². The molecule has 1 aromatic carbocycles. The maximum absolute atomic E-state index is 12.1. The number of aromatic nitrogens is 2. The average molecular weight is 312 g/mol. The Bertz CT molecular complexity index is 681. The molecule has 1 saturated heterocycles. The molecular formula is C17H20N4O2. The van der Waals surface area contributed by atoms with Crippen LogP contribution in [0, 0.1) is 0 Å². The summed E-state index contributed by atoms with van der Waals surface area (Å²) < 4.78 is 1.77. The number of benzene rings is 1. The molecule has 0 bridgehead atoms. The van der Waals surface area contributed by atoms with Gasteiger partial charge in [-0.1, -0.05) is 30.3 Å². The zero-order chi connectivity index (χ0) is 16.1. The normalized spacial score (nSPS) is 14.8. The van der Waals surface area contributed by atoms with Gasteiger partial charge in [-0.15, -0.1) is 0 Å². The minimum atomic E-state index is -0.181. The molecule has 1 aromatic heterocycles. The molecule has 3 rings (SSSR count). The second kappa shape index (κ2) is 7.09. The van der Waals surface area contributed by atoms with Crippen LogP contribution in [0.4, 0.5) is 5.69 Å². The van der Waals surface area contributed by atoms with Crippen LogP contribution < -0.4 is 5.32 Å². The standard InChI is InChI=1S/C17H20N4O2/c22-16(13-20-9-5-4-8-17(20)23)19-15-10-18-21(12-15)11-14-6-2-1-3-7-14/h1-3,6-7,10,12H,4-5,8-9,11,13H2,(H,19,22). The van der Waals surface area contributed by atoms with E-state index in [4.69, 9.17) is 0 Å². The summed E-state index contributed by atoms with van der Waals surface area (Å²) >= 11 is 0. The van der Waals surface area contributed by atoms with Crippen LogP contribution in [0.3, 0.4) is 0 Å². The summed E-state index contributed by atoms with van der Waals surface area (Å²) in [6, 6.07) is 10.00. The van der Waals surface area contributed by atoms with Crippen LogP contribution in [-0.2, 0) is 16.1 Å². The number of nitrogens with one attached hydrogen (secondary N) is 1. The fourth-order valence-electron chi connectivity index (χ4n) is 2.69. The van der Waals surface area contributed by atoms with Crippen LogP contribution >= 0.6 is 0 Å². The molecule has 0 aliphatic carbocycles. The lowest BCUT2D eigenvalue weighted by molar-refractivity contribution is -0.136. The molecule has 2 amide bonds. The van der Waals surface area contributed by atoms with Crippen LogP contribution in [0.25, 0.3) is 0 Å². The second-order valence-electron chi connectivity index (χ2n) is 5.73. The van der Waals surface area contributed by atoms with E-state index in [0.29, 0.717) is 25.2 Å². The molecule has 23 heavy (non-hydrogen) atoms. The first-order valence-electron chi connectivity index (χ1n) is 7.85. The van der Waals surface area contributed by atoms with E-state index in [2.05, 4.69) is 10.4 Å². The number of piperidine rings is 1. The first kappa shape index (κ1) is 15.3. The van der Waals surface area contributed by atoms with Crippen LogP contribution in [0.2, 0.25) is 0 Å². The zero-order valence-electron chi connectivity index (χ0n) is 12.9. The van der Waals surface area contributed by atoms with Crippen molar-refractivity contribution in [3.05, 3.63) is 48.3 Å². The Labute approximate surface area is 135 Å². The number of hydrogen-bond donors (Lipinski definition) is 1. The third-order valence-electron chi connectivity index (χ3n) is 3.86. The maximum atomic E-state index is 12.1. The Morgan fingerprint density at radius 3 is 2.83 bits per heavy atom. The van der Waals surface area contributed by atoms with E-state index < -0.39 is 0 Å². The second-order valence-corrected chi connectivity index (χ2v) is 5.73. The van der Waals surface area contributed by atoms with Crippen LogP contribution in [0.5, 0.6) is 0 Å². The van der Waals surface area contributed by atoms with Gasteiger partial charge in [-0.3, -0.25) is 14.3 Å². The first-order valence-corrected chi connectivity index (χ1v) is 7.85. The predicted octanol–water partition coefficient (Wildman–Crippen LogP) is 1.88. The summed E-state index contributed by atoms with van der Waals surface area (Å²) in [6.45, 7) is 1.43. The molecule has 0 radical (unpaired) electrons. The molecule has 6 nitrogen and oxygen atoms in total. The highest BCUT2D eigenvalue weighted by Crippen LogP contribution is 2.11. The molecule has 1 N–H and O–H groups in total. The fraction of sp³-hybridized carbons (Fsp3) is 0.353. The number of carbonyl (C=O) groups is 2. The smallest absolute Gasteiger partial charge is 0.244 e. The molecule has 1 aliphatic heterocycles. The van der Waals surface area contributed by atoms with E-state index in [0.717, 1.165) is 18.4 Å². The summed E-state index contributed by atoms with van der Waals surface area (Å²) in [4.78, 5) is 25.4. The molecule has 0 saturated carbocycles. The minimum absolute atomic E-state index is 0.0613.